The van der Waals surface area contributed by atoms with Crippen LogP contribution in [-0.4, -0.2) is 98.9 Å². The number of carbonyl (C=O) groups is 1. The molecule has 6 atom stereocenters. The van der Waals surface area contributed by atoms with Crippen LogP contribution < -0.4 is 0 Å². The number of hydrogen-bond acceptors (Lipinski definition) is 11. The Labute approximate surface area is 373 Å². The van der Waals surface area contributed by atoms with E-state index in [9.17, 15) is 39.8 Å². The van der Waals surface area contributed by atoms with Crippen LogP contribution in [-0.2, 0) is 27.9 Å². The van der Waals surface area contributed by atoms with E-state index in [2.05, 4.69) is 111 Å². The van der Waals surface area contributed by atoms with Crippen LogP contribution in [0.5, 0.6) is 0 Å². The highest BCUT2D eigenvalue weighted by Crippen LogP contribution is 2.47. The van der Waals surface area contributed by atoms with Gasteiger partial charge in [0.15, 0.2) is 0 Å². The molecule has 0 radical (unpaired) electrons. The molecule has 1 aliphatic carbocycles. The topological polar surface area (TPSA) is 192 Å². The van der Waals surface area contributed by atoms with Crippen molar-refractivity contribution in [3.05, 3.63) is 97.2 Å². The lowest BCUT2D eigenvalue weighted by Crippen LogP contribution is -2.64. The number of phosphoric acid groups is 1. The second-order valence-electron chi connectivity index (χ2n) is 15.5. The molecule has 1 fully saturated rings. The highest BCUT2D eigenvalue weighted by Gasteiger charge is 2.51. The van der Waals surface area contributed by atoms with E-state index in [0.29, 0.717) is 13.0 Å². The molecule has 6 unspecified atom stereocenters. The molecule has 0 aromatic carbocycles. The monoisotopic (exact) mass is 893 g/mol. The van der Waals surface area contributed by atoms with E-state index in [-0.39, 0.29) is 13.0 Å². The van der Waals surface area contributed by atoms with E-state index >= 15 is 0 Å². The predicted octanol–water partition coefficient (Wildman–Crippen LogP) is 9.53. The number of aliphatic hydroxyl groups excluding tert-OH is 5. The van der Waals surface area contributed by atoms with Crippen LogP contribution in [0.4, 0.5) is 0 Å². The van der Waals surface area contributed by atoms with E-state index in [1.165, 1.54) is 0 Å². The summed E-state index contributed by atoms with van der Waals surface area (Å²) in [5.41, 5.74) is 0. The Morgan fingerprint density at radius 3 is 1.37 bits per heavy atom. The number of unbranched alkanes of at least 4 members (excludes halogenated alkanes) is 9. The highest BCUT2D eigenvalue weighted by molar-refractivity contribution is 7.47. The van der Waals surface area contributed by atoms with Crippen LogP contribution in [0.1, 0.15) is 142 Å². The summed E-state index contributed by atoms with van der Waals surface area (Å²) in [7, 11) is -5.04. The maximum atomic E-state index is 12.8. The third-order valence-electron chi connectivity index (χ3n) is 9.95. The lowest BCUT2D eigenvalue weighted by atomic mass is 9.85. The van der Waals surface area contributed by atoms with Gasteiger partial charge in [0.05, 0.1) is 13.2 Å². The Morgan fingerprint density at radius 1 is 0.516 bits per heavy atom. The predicted molar refractivity (Wildman–Crippen MR) is 248 cm³/mol. The van der Waals surface area contributed by atoms with E-state index in [0.717, 1.165) is 116 Å². The molecule has 0 aromatic heterocycles. The SMILES string of the molecule is CC/C=C\C/C=C\C/C=C\C/C=C\C/C=C\CCCCOCC(COP(=O)(O)OC1C(O)C(O)C(O)C(O)C1O)OC(=O)CCCCCCCCC/C=C\C/C=C\C/C=C\CC. The van der Waals surface area contributed by atoms with Crippen molar-refractivity contribution in [3.8, 4) is 0 Å². The van der Waals surface area contributed by atoms with E-state index in [1.54, 1.807) is 0 Å². The highest BCUT2D eigenvalue weighted by atomic mass is 31.2. The first-order valence-corrected chi connectivity index (χ1v) is 24.6. The lowest BCUT2D eigenvalue weighted by molar-refractivity contribution is -0.220. The molecule has 0 spiro atoms. The van der Waals surface area contributed by atoms with Gasteiger partial charge in [-0.3, -0.25) is 13.8 Å². The normalized spacial score (nSPS) is 22.9. The lowest BCUT2D eigenvalue weighted by Gasteiger charge is -2.41. The first-order valence-electron chi connectivity index (χ1n) is 23.1. The number of ether oxygens (including phenoxy) is 2. The zero-order valence-electron chi connectivity index (χ0n) is 37.6. The first kappa shape index (κ1) is 57.3. The Morgan fingerprint density at radius 2 is 0.903 bits per heavy atom. The number of esters is 1. The van der Waals surface area contributed by atoms with Gasteiger partial charge in [-0.25, -0.2) is 4.57 Å². The van der Waals surface area contributed by atoms with Crippen LogP contribution in [0.25, 0.3) is 0 Å². The summed E-state index contributed by atoms with van der Waals surface area (Å²) in [6.45, 7) is 3.90. The molecular formula is C49H81O12P. The summed E-state index contributed by atoms with van der Waals surface area (Å²) in [5.74, 6) is -0.508. The van der Waals surface area contributed by atoms with Crippen molar-refractivity contribution in [3.63, 3.8) is 0 Å². The fraction of sp³-hybridized carbons (Fsp3) is 0.653. The number of aliphatic hydroxyl groups is 5. The summed E-state index contributed by atoms with van der Waals surface area (Å²) in [4.78, 5) is 23.2. The van der Waals surface area contributed by atoms with Gasteiger partial charge in [0.25, 0.3) is 0 Å². The van der Waals surface area contributed by atoms with Gasteiger partial charge in [0.2, 0.25) is 0 Å². The molecule has 0 bridgehead atoms. The van der Waals surface area contributed by atoms with Crippen LogP contribution in [0.2, 0.25) is 0 Å². The Bertz CT molecular complexity index is 1390. The van der Waals surface area contributed by atoms with Crippen LogP contribution in [0.15, 0.2) is 97.2 Å². The average Bonchev–Trinajstić information content (AvgIpc) is 3.26. The molecule has 0 aromatic rings. The quantitative estimate of drug-likeness (QED) is 0.0150. The van der Waals surface area contributed by atoms with Crippen molar-refractivity contribution in [1.29, 1.82) is 0 Å². The van der Waals surface area contributed by atoms with Crippen molar-refractivity contribution in [2.24, 2.45) is 0 Å². The molecule has 0 amide bonds. The number of phosphoric ester groups is 1. The van der Waals surface area contributed by atoms with Gasteiger partial charge in [-0.1, -0.05) is 143 Å². The number of carbonyl (C=O) groups excluding carboxylic acids is 1. The fourth-order valence-corrected chi connectivity index (χ4v) is 7.31. The molecule has 1 saturated carbocycles. The number of rotatable bonds is 37. The second kappa shape index (κ2) is 38.7. The molecule has 62 heavy (non-hydrogen) atoms. The van der Waals surface area contributed by atoms with Crippen molar-refractivity contribution in [2.75, 3.05) is 19.8 Å². The summed E-state index contributed by atoms with van der Waals surface area (Å²) < 4.78 is 34.1. The average molecular weight is 893 g/mol. The Balaban J connectivity index is 2.45. The van der Waals surface area contributed by atoms with Crippen LogP contribution >= 0.6 is 7.82 Å². The minimum absolute atomic E-state index is 0.117. The maximum absolute atomic E-state index is 12.8. The zero-order valence-corrected chi connectivity index (χ0v) is 38.5. The zero-order chi connectivity index (χ0) is 45.5. The Kier molecular flexibility index (Phi) is 35.7. The third-order valence-corrected chi connectivity index (χ3v) is 10.9. The smallest absolute Gasteiger partial charge is 0.457 e. The molecule has 0 aliphatic heterocycles. The van der Waals surface area contributed by atoms with Crippen molar-refractivity contribution in [1.82, 2.24) is 0 Å². The van der Waals surface area contributed by atoms with Crippen molar-refractivity contribution in [2.45, 2.75) is 185 Å². The van der Waals surface area contributed by atoms with E-state index < -0.39 is 63.1 Å². The molecule has 1 rings (SSSR count). The largest absolute Gasteiger partial charge is 0.472 e. The van der Waals surface area contributed by atoms with Crippen LogP contribution in [0.3, 0.4) is 0 Å². The van der Waals surface area contributed by atoms with E-state index in [1.807, 2.05) is 0 Å². The third kappa shape index (κ3) is 30.4. The van der Waals surface area contributed by atoms with Gasteiger partial charge in [-0.2, -0.15) is 0 Å². The van der Waals surface area contributed by atoms with Gasteiger partial charge < -0.3 is 39.9 Å². The standard InChI is InChI=1S/C49H81O12P/c1-3-5-7-9-11-13-15-17-19-21-23-25-27-29-31-33-35-37-39-58-40-42(41-59-62(56,57)61-49-47(54)45(52)44(51)46(53)48(49)55)60-43(50)38-36-34-32-30-28-26-24-22-20-18-16-14-12-10-8-6-4-2/h5-8,11-14,17-20,23,25,29,31,42,44-49,51-55H,3-4,9-10,15-16,21-22,24,26-28,30,32-41H2,1-2H3,(H,56,57)/b7-5-,8-6-,13-11-,14-12-,19-17-,20-18-,25-23-,31-29-. The van der Waals surface area contributed by atoms with Gasteiger partial charge >= 0.3 is 13.8 Å². The molecule has 0 saturated heterocycles. The van der Waals surface area contributed by atoms with Crippen molar-refractivity contribution >= 4 is 13.8 Å². The molecule has 354 valence electrons. The minimum atomic E-state index is -5.04. The number of allylic oxidation sites excluding steroid dienone is 16. The van der Waals surface area contributed by atoms with Gasteiger partial charge in [0, 0.05) is 13.0 Å². The van der Waals surface area contributed by atoms with E-state index in [4.69, 9.17) is 18.5 Å². The van der Waals surface area contributed by atoms with Gasteiger partial charge in [0.1, 0.15) is 42.7 Å². The van der Waals surface area contributed by atoms with Crippen molar-refractivity contribution < 1.29 is 58.3 Å². The molecule has 13 heteroatoms. The molecule has 6 N–H and O–H groups in total. The molecular weight excluding hydrogens is 812 g/mol. The molecule has 12 nitrogen and oxygen atoms in total. The number of hydrogen-bond donors (Lipinski definition) is 6. The summed E-state index contributed by atoms with van der Waals surface area (Å²) in [6, 6.07) is 0. The second-order valence-corrected chi connectivity index (χ2v) is 16.9. The summed E-state index contributed by atoms with van der Waals surface area (Å²) >= 11 is 0. The molecule has 1 aliphatic rings. The van der Waals surface area contributed by atoms with Gasteiger partial charge in [-0.15, -0.1) is 0 Å². The summed E-state index contributed by atoms with van der Waals surface area (Å²) in [6.07, 6.45) is 40.5. The molecule has 0 heterocycles. The Hall–Kier alpha value is -2.74. The fourth-order valence-electron chi connectivity index (χ4n) is 6.34. The maximum Gasteiger partial charge on any atom is 0.472 e. The summed E-state index contributed by atoms with van der Waals surface area (Å²) in [5, 5.41) is 50.2. The minimum Gasteiger partial charge on any atom is -0.457 e. The van der Waals surface area contributed by atoms with Gasteiger partial charge in [-0.05, 0) is 89.9 Å². The first-order chi connectivity index (χ1) is 30.0. The van der Waals surface area contributed by atoms with Crippen LogP contribution in [0, 0.1) is 0 Å².